The van der Waals surface area contributed by atoms with Crippen LogP contribution in [-0.4, -0.2) is 0 Å². The lowest BCUT2D eigenvalue weighted by Gasteiger charge is -2.12. The van der Waals surface area contributed by atoms with Crippen LogP contribution in [0.4, 0.5) is 22.0 Å². The molecule has 0 unspecified atom stereocenters. The van der Waals surface area contributed by atoms with Crippen LogP contribution in [0.2, 0.25) is 0 Å². The Bertz CT molecular complexity index is 1360. The molecule has 160 valence electrons. The smallest absolute Gasteiger partial charge is 0.144 e. The van der Waals surface area contributed by atoms with Crippen LogP contribution in [0.3, 0.4) is 0 Å². The molecule has 0 fully saturated rings. The highest BCUT2D eigenvalue weighted by Crippen LogP contribution is 2.35. The Balaban J connectivity index is 1.82. The van der Waals surface area contributed by atoms with Gasteiger partial charge in [-0.2, -0.15) is 5.26 Å². The first-order valence-corrected chi connectivity index (χ1v) is 9.94. The van der Waals surface area contributed by atoms with Crippen molar-refractivity contribution in [2.24, 2.45) is 0 Å². The number of rotatable bonds is 4. The van der Waals surface area contributed by atoms with Gasteiger partial charge in [-0.25, -0.2) is 22.0 Å². The number of nitrogens with zero attached hydrogens (tertiary/aromatic N) is 1. The maximum Gasteiger partial charge on any atom is 0.144 e. The highest BCUT2D eigenvalue weighted by molar-refractivity contribution is 5.89. The molecule has 0 radical (unpaired) electrons. The van der Waals surface area contributed by atoms with Crippen molar-refractivity contribution in [1.82, 2.24) is 0 Å². The lowest BCUT2D eigenvalue weighted by Crippen LogP contribution is -1.97. The van der Waals surface area contributed by atoms with E-state index in [4.69, 9.17) is 5.26 Å². The van der Waals surface area contributed by atoms with Gasteiger partial charge in [0, 0.05) is 10.9 Å². The van der Waals surface area contributed by atoms with E-state index in [1.54, 1.807) is 12.1 Å². The van der Waals surface area contributed by atoms with E-state index >= 15 is 4.39 Å². The van der Waals surface area contributed by atoms with Crippen molar-refractivity contribution in [3.05, 3.63) is 94.8 Å². The lowest BCUT2D eigenvalue weighted by atomic mass is 9.95. The molecule has 0 saturated heterocycles. The molecule has 0 bridgehead atoms. The van der Waals surface area contributed by atoms with Crippen LogP contribution in [0, 0.1) is 40.4 Å². The molecule has 4 rings (SSSR count). The summed E-state index contributed by atoms with van der Waals surface area (Å²) in [6.45, 7) is 2.04. The summed E-state index contributed by atoms with van der Waals surface area (Å²) >= 11 is 0. The molecule has 0 aliphatic rings. The molecule has 0 N–H and O–H groups in total. The minimum absolute atomic E-state index is 0.00211. The molecule has 0 spiro atoms. The van der Waals surface area contributed by atoms with Crippen LogP contribution >= 0.6 is 0 Å². The second-order valence-electron chi connectivity index (χ2n) is 7.47. The van der Waals surface area contributed by atoms with E-state index in [9.17, 15) is 17.6 Å². The summed E-state index contributed by atoms with van der Waals surface area (Å²) < 4.78 is 72.7. The average molecular weight is 437 g/mol. The summed E-state index contributed by atoms with van der Waals surface area (Å²) in [6, 6.07) is 13.0. The topological polar surface area (TPSA) is 23.8 Å². The third kappa shape index (κ3) is 3.71. The number of nitriles is 1. The highest BCUT2D eigenvalue weighted by atomic mass is 19.1. The summed E-state index contributed by atoms with van der Waals surface area (Å²) in [6.07, 6.45) is 1.80. The van der Waals surface area contributed by atoms with Crippen molar-refractivity contribution < 1.29 is 22.0 Å². The van der Waals surface area contributed by atoms with E-state index in [0.717, 1.165) is 30.5 Å². The summed E-state index contributed by atoms with van der Waals surface area (Å²) in [7, 11) is 0. The fourth-order valence-electron chi connectivity index (χ4n) is 3.84. The van der Waals surface area contributed by atoms with Crippen LogP contribution in [0.1, 0.15) is 24.5 Å². The molecule has 0 amide bonds. The molecule has 32 heavy (non-hydrogen) atoms. The van der Waals surface area contributed by atoms with Gasteiger partial charge in [0.25, 0.3) is 0 Å². The van der Waals surface area contributed by atoms with Gasteiger partial charge in [-0.05, 0) is 52.8 Å². The Labute approximate surface area is 181 Å². The zero-order chi connectivity index (χ0) is 23.0. The first-order chi connectivity index (χ1) is 15.3. The molecule has 1 nitrogen and oxygen atoms in total. The maximum atomic E-state index is 15.2. The van der Waals surface area contributed by atoms with E-state index in [2.05, 4.69) is 0 Å². The van der Waals surface area contributed by atoms with Crippen LogP contribution < -0.4 is 0 Å². The van der Waals surface area contributed by atoms with Gasteiger partial charge < -0.3 is 0 Å². The van der Waals surface area contributed by atoms with Gasteiger partial charge in [0.15, 0.2) is 0 Å². The second kappa shape index (κ2) is 8.43. The SMILES string of the molecule is CCCc1ccc2c(F)c(-c3cc(F)c(-c4cc(F)c(C#N)c(F)c4)c(F)c3)ccc2c1. The van der Waals surface area contributed by atoms with Crippen LogP contribution in [-0.2, 0) is 6.42 Å². The van der Waals surface area contributed by atoms with Crippen LogP contribution in [0.25, 0.3) is 33.0 Å². The predicted molar refractivity (Wildman–Crippen MR) is 113 cm³/mol. The molecule has 0 aromatic heterocycles. The molecule has 0 aliphatic carbocycles. The van der Waals surface area contributed by atoms with E-state index in [1.165, 1.54) is 12.1 Å². The lowest BCUT2D eigenvalue weighted by molar-refractivity contribution is 0.573. The second-order valence-corrected chi connectivity index (χ2v) is 7.47. The molecular formula is C26H16F5N. The molecule has 0 heterocycles. The Morgan fingerprint density at radius 3 is 1.97 bits per heavy atom. The fraction of sp³-hybridized carbons (Fsp3) is 0.115. The zero-order valence-electron chi connectivity index (χ0n) is 16.9. The molecule has 0 atom stereocenters. The van der Waals surface area contributed by atoms with Gasteiger partial charge >= 0.3 is 0 Å². The van der Waals surface area contributed by atoms with Crippen molar-refractivity contribution in [1.29, 1.82) is 5.26 Å². The Kier molecular flexibility index (Phi) is 5.67. The molecule has 4 aromatic carbocycles. The van der Waals surface area contributed by atoms with Gasteiger partial charge in [-0.1, -0.05) is 43.7 Å². The van der Waals surface area contributed by atoms with Gasteiger partial charge in [-0.3, -0.25) is 0 Å². The number of hydrogen-bond donors (Lipinski definition) is 0. The average Bonchev–Trinajstić information content (AvgIpc) is 2.73. The minimum atomic E-state index is -1.23. The van der Waals surface area contributed by atoms with Crippen molar-refractivity contribution >= 4 is 10.8 Å². The van der Waals surface area contributed by atoms with Crippen molar-refractivity contribution in [3.8, 4) is 28.3 Å². The van der Waals surface area contributed by atoms with Gasteiger partial charge in [0.2, 0.25) is 0 Å². The molecule has 0 aliphatic heterocycles. The van der Waals surface area contributed by atoms with E-state index < -0.39 is 45.8 Å². The van der Waals surface area contributed by atoms with Crippen molar-refractivity contribution in [2.75, 3.05) is 0 Å². The summed E-state index contributed by atoms with van der Waals surface area (Å²) in [4.78, 5) is 0. The summed E-state index contributed by atoms with van der Waals surface area (Å²) in [5.74, 6) is -5.29. The Morgan fingerprint density at radius 1 is 0.750 bits per heavy atom. The van der Waals surface area contributed by atoms with Gasteiger partial charge in [0.05, 0.1) is 5.56 Å². The fourth-order valence-corrected chi connectivity index (χ4v) is 3.84. The molecule has 4 aromatic rings. The largest absolute Gasteiger partial charge is 0.206 e. The first-order valence-electron chi connectivity index (χ1n) is 9.94. The Morgan fingerprint density at radius 2 is 1.38 bits per heavy atom. The monoisotopic (exact) mass is 437 g/mol. The Hall–Kier alpha value is -3.72. The number of aryl methyl sites for hydroxylation is 1. The van der Waals surface area contributed by atoms with Gasteiger partial charge in [0.1, 0.15) is 40.7 Å². The van der Waals surface area contributed by atoms with Crippen LogP contribution in [0.5, 0.6) is 0 Å². The summed E-state index contributed by atoms with van der Waals surface area (Å²) in [5, 5.41) is 9.76. The van der Waals surface area contributed by atoms with Gasteiger partial charge in [-0.15, -0.1) is 0 Å². The molecule has 6 heteroatoms. The van der Waals surface area contributed by atoms with E-state index in [-0.39, 0.29) is 11.1 Å². The maximum absolute atomic E-state index is 15.2. The summed E-state index contributed by atoms with van der Waals surface area (Å²) in [5.41, 5.74) is -0.885. The first kappa shape index (κ1) is 21.5. The number of halogens is 5. The third-order valence-corrected chi connectivity index (χ3v) is 5.35. The molecule has 0 saturated carbocycles. The normalized spacial score (nSPS) is 11.0. The van der Waals surface area contributed by atoms with E-state index in [0.29, 0.717) is 22.9 Å². The predicted octanol–water partition coefficient (Wildman–Crippen LogP) is 7.69. The third-order valence-electron chi connectivity index (χ3n) is 5.35. The van der Waals surface area contributed by atoms with E-state index in [1.807, 2.05) is 19.1 Å². The van der Waals surface area contributed by atoms with Crippen LogP contribution in [0.15, 0.2) is 54.6 Å². The standard InChI is InChI=1S/C26H16F5N/c1-2-3-14-4-6-18-15(8-14)5-7-19(26(18)31)16-9-23(29)25(24(30)10-16)17-11-21(27)20(13-32)22(28)12-17/h4-12H,2-3H2,1H3. The number of benzene rings is 4. The van der Waals surface area contributed by atoms with Crippen molar-refractivity contribution in [2.45, 2.75) is 19.8 Å². The number of hydrogen-bond acceptors (Lipinski definition) is 1. The molecular weight excluding hydrogens is 421 g/mol. The minimum Gasteiger partial charge on any atom is -0.206 e. The van der Waals surface area contributed by atoms with Crippen molar-refractivity contribution in [3.63, 3.8) is 0 Å². The number of fused-ring (bicyclic) bond motifs is 1. The zero-order valence-corrected chi connectivity index (χ0v) is 16.9. The quantitative estimate of drug-likeness (QED) is 0.300. The highest BCUT2D eigenvalue weighted by Gasteiger charge is 2.20.